The maximum atomic E-state index is 13.9. The first-order chi connectivity index (χ1) is 19.3. The summed E-state index contributed by atoms with van der Waals surface area (Å²) < 4.78 is 11.7. The van der Waals surface area contributed by atoms with E-state index in [4.69, 9.17) is 9.15 Å². The van der Waals surface area contributed by atoms with Crippen molar-refractivity contribution < 1.29 is 18.7 Å². The minimum Gasteiger partial charge on any atom is -0.460 e. The molecule has 0 saturated heterocycles. The third-order valence-corrected chi connectivity index (χ3v) is 7.16. The number of carbonyl (C=O) groups is 2. The van der Waals surface area contributed by atoms with Gasteiger partial charge in [-0.2, -0.15) is 0 Å². The Hall–Kier alpha value is -2.89. The predicted octanol–water partition coefficient (Wildman–Crippen LogP) is 9.22. The van der Waals surface area contributed by atoms with Gasteiger partial charge in [0.2, 0.25) is 0 Å². The van der Waals surface area contributed by atoms with E-state index in [9.17, 15) is 9.59 Å². The van der Waals surface area contributed by atoms with Crippen molar-refractivity contribution in [1.29, 1.82) is 0 Å². The summed E-state index contributed by atoms with van der Waals surface area (Å²) >= 11 is 0. The van der Waals surface area contributed by atoms with Gasteiger partial charge in [-0.1, -0.05) is 76.5 Å². The molecule has 6 heteroatoms. The molecular weight excluding hydrogens is 534 g/mol. The standard InChI is InChI=1S/C35H47NO4.ClH/c1-7-10-15-31-33(30-24-29(35(38)39-25(4)5)26(6)23-32(30)40-31)34(37)28-18-16-27(17-19-28)14-13-22-36(20-11-8-2)21-12-9-3;/h13-14,16-19,23-25H,7-12,15,20-22H2,1-6H3;1H. The van der Waals surface area contributed by atoms with Crippen molar-refractivity contribution in [3.05, 3.63) is 76.1 Å². The average molecular weight is 582 g/mol. The maximum absolute atomic E-state index is 13.9. The zero-order valence-electron chi connectivity index (χ0n) is 25.8. The second-order valence-corrected chi connectivity index (χ2v) is 11.0. The van der Waals surface area contributed by atoms with Gasteiger partial charge in [0.1, 0.15) is 11.3 Å². The number of furan rings is 1. The number of nitrogens with zero attached hydrogens (tertiary/aromatic N) is 1. The fourth-order valence-corrected chi connectivity index (χ4v) is 4.84. The molecule has 0 N–H and O–H groups in total. The molecule has 1 aromatic heterocycles. The van der Waals surface area contributed by atoms with Gasteiger partial charge in [-0.15, -0.1) is 12.4 Å². The number of ether oxygens (including phenoxy) is 1. The van der Waals surface area contributed by atoms with E-state index < -0.39 is 0 Å². The van der Waals surface area contributed by atoms with Crippen molar-refractivity contribution in [3.8, 4) is 0 Å². The number of hydrogen-bond donors (Lipinski definition) is 0. The first-order valence-electron chi connectivity index (χ1n) is 15.1. The number of ketones is 1. The Labute approximate surface area is 252 Å². The van der Waals surface area contributed by atoms with Gasteiger partial charge in [0.25, 0.3) is 0 Å². The Kier molecular flexibility index (Phi) is 14.4. The molecule has 0 radical (unpaired) electrons. The highest BCUT2D eigenvalue weighted by molar-refractivity contribution is 6.17. The molecule has 0 atom stereocenters. The van der Waals surface area contributed by atoms with Crippen LogP contribution in [0.1, 0.15) is 116 Å². The summed E-state index contributed by atoms with van der Waals surface area (Å²) in [5.41, 5.74) is 4.09. The normalized spacial score (nSPS) is 11.5. The van der Waals surface area contributed by atoms with Gasteiger partial charge < -0.3 is 9.15 Å². The minimum atomic E-state index is -0.386. The fraction of sp³-hybridized carbons (Fsp3) is 0.486. The van der Waals surface area contributed by atoms with Crippen LogP contribution in [0.4, 0.5) is 0 Å². The third kappa shape index (κ3) is 9.58. The number of unbranched alkanes of at least 4 members (excludes halogenated alkanes) is 3. The van der Waals surface area contributed by atoms with Crippen LogP contribution >= 0.6 is 12.4 Å². The van der Waals surface area contributed by atoms with Crippen LogP contribution < -0.4 is 0 Å². The molecule has 0 unspecified atom stereocenters. The Morgan fingerprint density at radius 1 is 0.951 bits per heavy atom. The van der Waals surface area contributed by atoms with Crippen LogP contribution in [0.2, 0.25) is 0 Å². The molecular formula is C35H48ClNO4. The van der Waals surface area contributed by atoms with E-state index in [1.165, 1.54) is 25.7 Å². The van der Waals surface area contributed by atoms with E-state index >= 15 is 0 Å². The van der Waals surface area contributed by atoms with Gasteiger partial charge >= 0.3 is 5.97 Å². The summed E-state index contributed by atoms with van der Waals surface area (Å²) in [4.78, 5) is 29.1. The van der Waals surface area contributed by atoms with Crippen molar-refractivity contribution in [2.75, 3.05) is 19.6 Å². The number of benzene rings is 2. The van der Waals surface area contributed by atoms with E-state index in [-0.39, 0.29) is 30.3 Å². The quantitative estimate of drug-likeness (QED) is 0.125. The Morgan fingerprint density at radius 3 is 2.17 bits per heavy atom. The lowest BCUT2D eigenvalue weighted by atomic mass is 9.95. The Morgan fingerprint density at radius 2 is 1.59 bits per heavy atom. The topological polar surface area (TPSA) is 59.8 Å². The number of fused-ring (bicyclic) bond motifs is 1. The van der Waals surface area contributed by atoms with E-state index in [0.717, 1.165) is 43.6 Å². The molecule has 2 aromatic carbocycles. The Balaban J connectivity index is 0.00000588. The molecule has 0 spiro atoms. The molecule has 224 valence electrons. The highest BCUT2D eigenvalue weighted by Crippen LogP contribution is 2.32. The molecule has 0 aliphatic rings. The smallest absolute Gasteiger partial charge is 0.338 e. The minimum absolute atomic E-state index is 0. The number of esters is 1. The van der Waals surface area contributed by atoms with Gasteiger partial charge in [0.05, 0.1) is 17.2 Å². The molecule has 0 bridgehead atoms. The third-order valence-electron chi connectivity index (χ3n) is 7.16. The lowest BCUT2D eigenvalue weighted by Gasteiger charge is -2.19. The van der Waals surface area contributed by atoms with Gasteiger partial charge in [0.15, 0.2) is 5.78 Å². The molecule has 3 rings (SSSR count). The second kappa shape index (κ2) is 17.2. The summed E-state index contributed by atoms with van der Waals surface area (Å²) in [6.07, 6.45) is 11.6. The molecule has 0 fully saturated rings. The summed E-state index contributed by atoms with van der Waals surface area (Å²) in [7, 11) is 0. The molecule has 0 aliphatic carbocycles. The maximum Gasteiger partial charge on any atom is 0.338 e. The van der Waals surface area contributed by atoms with Crippen LogP contribution in [-0.2, 0) is 11.2 Å². The van der Waals surface area contributed by atoms with Crippen molar-refractivity contribution in [2.24, 2.45) is 0 Å². The first-order valence-corrected chi connectivity index (χ1v) is 15.1. The van der Waals surface area contributed by atoms with E-state index in [0.29, 0.717) is 39.8 Å². The van der Waals surface area contributed by atoms with Crippen molar-refractivity contribution in [1.82, 2.24) is 4.90 Å². The predicted molar refractivity (Wildman–Crippen MR) is 173 cm³/mol. The zero-order chi connectivity index (χ0) is 29.1. The monoisotopic (exact) mass is 581 g/mol. The highest BCUT2D eigenvalue weighted by Gasteiger charge is 2.24. The molecule has 0 saturated carbocycles. The molecule has 0 amide bonds. The van der Waals surface area contributed by atoms with E-state index in [2.05, 4.69) is 37.8 Å². The number of carbonyl (C=O) groups excluding carboxylic acids is 2. The molecule has 1 heterocycles. The lowest BCUT2D eigenvalue weighted by molar-refractivity contribution is 0.0377. The largest absolute Gasteiger partial charge is 0.460 e. The molecule has 0 aliphatic heterocycles. The van der Waals surface area contributed by atoms with E-state index in [1.54, 1.807) is 6.07 Å². The Bertz CT molecular complexity index is 1280. The molecule has 5 nitrogen and oxygen atoms in total. The van der Waals surface area contributed by atoms with Crippen LogP contribution in [0, 0.1) is 6.92 Å². The number of halogens is 1. The van der Waals surface area contributed by atoms with Crippen LogP contribution in [0.25, 0.3) is 17.0 Å². The van der Waals surface area contributed by atoms with Crippen LogP contribution in [-0.4, -0.2) is 42.4 Å². The molecule has 41 heavy (non-hydrogen) atoms. The second-order valence-electron chi connectivity index (χ2n) is 11.0. The van der Waals surface area contributed by atoms with Gasteiger partial charge in [0, 0.05) is 23.9 Å². The summed E-state index contributed by atoms with van der Waals surface area (Å²) in [6, 6.07) is 11.4. The molecule has 3 aromatic rings. The zero-order valence-corrected chi connectivity index (χ0v) is 26.6. The number of hydrogen-bond acceptors (Lipinski definition) is 5. The van der Waals surface area contributed by atoms with Crippen LogP contribution in [0.3, 0.4) is 0 Å². The summed E-state index contributed by atoms with van der Waals surface area (Å²) in [5.74, 6) is 0.208. The van der Waals surface area contributed by atoms with Crippen LogP contribution in [0.5, 0.6) is 0 Å². The summed E-state index contributed by atoms with van der Waals surface area (Å²) in [6.45, 7) is 15.3. The van der Waals surface area contributed by atoms with Crippen molar-refractivity contribution in [3.63, 3.8) is 0 Å². The van der Waals surface area contributed by atoms with Crippen LogP contribution in [0.15, 0.2) is 46.9 Å². The highest BCUT2D eigenvalue weighted by atomic mass is 35.5. The van der Waals surface area contributed by atoms with Gasteiger partial charge in [-0.3, -0.25) is 9.69 Å². The summed E-state index contributed by atoms with van der Waals surface area (Å²) in [5, 5.41) is 0.667. The number of aryl methyl sites for hydroxylation is 2. The lowest BCUT2D eigenvalue weighted by Crippen LogP contribution is -2.26. The average Bonchev–Trinajstić information content (AvgIpc) is 3.28. The number of rotatable bonds is 16. The van der Waals surface area contributed by atoms with Crippen molar-refractivity contribution >= 4 is 41.2 Å². The SMILES string of the molecule is CCCCc1oc2cc(C)c(C(=O)OC(C)C)cc2c1C(=O)c1ccc(C=CCN(CCCC)CCCC)cc1.Cl. The van der Waals surface area contributed by atoms with Gasteiger partial charge in [-0.05, 0) is 76.4 Å². The van der Waals surface area contributed by atoms with Crippen molar-refractivity contribution in [2.45, 2.75) is 92.6 Å². The first kappa shape index (κ1) is 34.3. The fourth-order valence-electron chi connectivity index (χ4n) is 4.84. The van der Waals surface area contributed by atoms with E-state index in [1.807, 2.05) is 51.1 Å². The van der Waals surface area contributed by atoms with Gasteiger partial charge in [-0.25, -0.2) is 4.79 Å².